The van der Waals surface area contributed by atoms with E-state index < -0.39 is 0 Å². The molecule has 7 heteroatoms. The van der Waals surface area contributed by atoms with Crippen molar-refractivity contribution in [2.75, 3.05) is 11.9 Å². The number of urea groups is 1. The van der Waals surface area contributed by atoms with Crippen LogP contribution in [0.3, 0.4) is 0 Å². The second kappa shape index (κ2) is 7.45. The fourth-order valence-electron chi connectivity index (χ4n) is 2.77. The Hall–Kier alpha value is -2.41. The Morgan fingerprint density at radius 1 is 1.38 bits per heavy atom. The molecule has 0 bridgehead atoms. The second-order valence-corrected chi connectivity index (χ2v) is 7.67. The highest BCUT2D eigenvalue weighted by atomic mass is 79.9. The minimum Gasteiger partial charge on any atom is -0.507 e. The molecule has 2 heterocycles. The lowest BCUT2D eigenvalue weighted by Crippen LogP contribution is -2.40. The first kappa shape index (κ1) is 18.4. The van der Waals surface area contributed by atoms with Crippen LogP contribution in [0.5, 0.6) is 5.75 Å². The molecule has 1 aromatic heterocycles. The Kier molecular flexibility index (Phi) is 5.27. The van der Waals surface area contributed by atoms with Gasteiger partial charge in [0.2, 0.25) is 0 Å². The van der Waals surface area contributed by atoms with Crippen LogP contribution in [-0.4, -0.2) is 33.3 Å². The number of aromatic nitrogens is 1. The number of halogens is 1. The molecule has 136 valence electrons. The van der Waals surface area contributed by atoms with E-state index in [9.17, 15) is 14.7 Å². The van der Waals surface area contributed by atoms with Crippen LogP contribution < -0.4 is 5.32 Å². The van der Waals surface area contributed by atoms with Gasteiger partial charge in [0.25, 0.3) is 0 Å². The fourth-order valence-corrected chi connectivity index (χ4v) is 3.13. The van der Waals surface area contributed by atoms with Crippen LogP contribution in [0.25, 0.3) is 0 Å². The van der Waals surface area contributed by atoms with Gasteiger partial charge in [0, 0.05) is 28.3 Å². The van der Waals surface area contributed by atoms with Crippen molar-refractivity contribution in [3.05, 3.63) is 51.6 Å². The van der Waals surface area contributed by atoms with Crippen molar-refractivity contribution in [2.45, 2.75) is 26.8 Å². The molecule has 0 radical (unpaired) electrons. The maximum atomic E-state index is 12.7. The normalized spacial score (nSPS) is 13.5. The van der Waals surface area contributed by atoms with Crippen molar-refractivity contribution in [3.8, 4) is 5.75 Å². The smallest absolute Gasteiger partial charge is 0.323 e. The number of carbonyl (C=O) groups is 2. The zero-order chi connectivity index (χ0) is 18.8. The van der Waals surface area contributed by atoms with E-state index in [0.717, 1.165) is 12.0 Å². The molecule has 2 N–H and O–H groups in total. The number of nitrogens with zero attached hydrogens (tertiary/aromatic N) is 2. The predicted octanol–water partition coefficient (Wildman–Crippen LogP) is 4.17. The highest BCUT2D eigenvalue weighted by molar-refractivity contribution is 9.10. The van der Waals surface area contributed by atoms with Gasteiger partial charge in [0.15, 0.2) is 5.78 Å². The number of anilines is 1. The number of benzene rings is 1. The van der Waals surface area contributed by atoms with E-state index >= 15 is 0 Å². The number of hydrogen-bond acceptors (Lipinski definition) is 4. The molecule has 26 heavy (non-hydrogen) atoms. The number of rotatable bonds is 5. The topological polar surface area (TPSA) is 82.5 Å². The molecule has 0 saturated carbocycles. The van der Waals surface area contributed by atoms with Crippen molar-refractivity contribution >= 4 is 33.6 Å². The van der Waals surface area contributed by atoms with Gasteiger partial charge in [-0.2, -0.15) is 0 Å². The first-order valence-corrected chi connectivity index (χ1v) is 9.22. The summed E-state index contributed by atoms with van der Waals surface area (Å²) in [5.41, 5.74) is 1.36. The summed E-state index contributed by atoms with van der Waals surface area (Å²) in [6.45, 7) is 5.27. The summed E-state index contributed by atoms with van der Waals surface area (Å²) < 4.78 is 0.705. The SMILES string of the molecule is CC(C)CCN1Cc2cc(C(=O)c3cc(Br)ccc3O)cnc2NC1=O. The third-order valence-electron chi connectivity index (χ3n) is 4.28. The van der Waals surface area contributed by atoms with Gasteiger partial charge < -0.3 is 10.0 Å². The molecular weight excluding hydrogens is 398 g/mol. The summed E-state index contributed by atoms with van der Waals surface area (Å²) in [5.74, 6) is 0.577. The minimum atomic E-state index is -0.315. The fraction of sp³-hybridized carbons (Fsp3) is 0.316. The number of nitrogens with one attached hydrogen (secondary N) is 1. The lowest BCUT2D eigenvalue weighted by molar-refractivity contribution is 0.103. The third kappa shape index (κ3) is 3.88. The van der Waals surface area contributed by atoms with Crippen LogP contribution in [0, 0.1) is 5.92 Å². The van der Waals surface area contributed by atoms with Crippen LogP contribution in [-0.2, 0) is 6.54 Å². The zero-order valence-electron chi connectivity index (χ0n) is 14.6. The van der Waals surface area contributed by atoms with Gasteiger partial charge in [-0.15, -0.1) is 0 Å². The molecule has 0 atom stereocenters. The third-order valence-corrected chi connectivity index (χ3v) is 4.78. The van der Waals surface area contributed by atoms with Gasteiger partial charge in [-0.1, -0.05) is 29.8 Å². The monoisotopic (exact) mass is 417 g/mol. The lowest BCUT2D eigenvalue weighted by Gasteiger charge is -2.29. The van der Waals surface area contributed by atoms with Gasteiger partial charge in [0.05, 0.1) is 12.1 Å². The molecule has 0 spiro atoms. The molecule has 0 fully saturated rings. The summed E-state index contributed by atoms with van der Waals surface area (Å²) in [6.07, 6.45) is 2.33. The molecule has 0 saturated heterocycles. The van der Waals surface area contributed by atoms with Crippen molar-refractivity contribution in [1.82, 2.24) is 9.88 Å². The van der Waals surface area contributed by atoms with Gasteiger partial charge in [-0.25, -0.2) is 9.78 Å². The largest absolute Gasteiger partial charge is 0.507 e. The molecule has 6 nitrogen and oxygen atoms in total. The molecule has 1 aliphatic rings. The number of pyridine rings is 1. The number of phenolic OH excluding ortho intramolecular Hbond substituents is 1. The van der Waals surface area contributed by atoms with Crippen molar-refractivity contribution in [2.24, 2.45) is 5.92 Å². The number of phenols is 1. The molecule has 2 aromatic rings. The average Bonchev–Trinajstić information content (AvgIpc) is 2.61. The first-order valence-electron chi connectivity index (χ1n) is 8.43. The summed E-state index contributed by atoms with van der Waals surface area (Å²) >= 11 is 3.31. The molecule has 0 aliphatic carbocycles. The lowest BCUT2D eigenvalue weighted by atomic mass is 10.0. The van der Waals surface area contributed by atoms with Crippen molar-refractivity contribution in [3.63, 3.8) is 0 Å². The van der Waals surface area contributed by atoms with Crippen LogP contribution >= 0.6 is 15.9 Å². The van der Waals surface area contributed by atoms with Crippen LogP contribution in [0.4, 0.5) is 10.6 Å². The van der Waals surface area contributed by atoms with Crippen LogP contribution in [0.15, 0.2) is 34.9 Å². The summed E-state index contributed by atoms with van der Waals surface area (Å²) in [7, 11) is 0. The van der Waals surface area contributed by atoms with Gasteiger partial charge in [0.1, 0.15) is 11.6 Å². The van der Waals surface area contributed by atoms with E-state index in [1.165, 1.54) is 12.3 Å². The number of ketones is 1. The van der Waals surface area contributed by atoms with E-state index in [4.69, 9.17) is 0 Å². The number of fused-ring (bicyclic) bond motifs is 1. The number of aromatic hydroxyl groups is 1. The van der Waals surface area contributed by atoms with Crippen LogP contribution in [0.1, 0.15) is 41.8 Å². The highest BCUT2D eigenvalue weighted by Gasteiger charge is 2.25. The standard InChI is InChI=1S/C19H20BrN3O3/c1-11(2)5-6-23-10-13-7-12(9-21-18(13)22-19(23)26)17(25)15-8-14(20)3-4-16(15)24/h3-4,7-9,11,24H,5-6,10H2,1-2H3,(H,21,22,26). The van der Waals surface area contributed by atoms with E-state index in [1.54, 1.807) is 23.1 Å². The molecular formula is C19H20BrN3O3. The van der Waals surface area contributed by atoms with E-state index in [0.29, 0.717) is 34.9 Å². The molecule has 1 aromatic carbocycles. The maximum Gasteiger partial charge on any atom is 0.323 e. The Labute approximate surface area is 160 Å². The predicted molar refractivity (Wildman–Crippen MR) is 102 cm³/mol. The Morgan fingerprint density at radius 2 is 2.15 bits per heavy atom. The number of hydrogen-bond donors (Lipinski definition) is 2. The molecule has 2 amide bonds. The molecule has 1 aliphatic heterocycles. The second-order valence-electron chi connectivity index (χ2n) is 6.76. The van der Waals surface area contributed by atoms with Gasteiger partial charge in [-0.05, 0) is 36.6 Å². The van der Waals surface area contributed by atoms with Gasteiger partial charge in [-0.3, -0.25) is 10.1 Å². The molecule has 0 unspecified atom stereocenters. The first-order chi connectivity index (χ1) is 12.3. The maximum absolute atomic E-state index is 12.7. The Morgan fingerprint density at radius 3 is 2.88 bits per heavy atom. The molecule has 3 rings (SSSR count). The summed E-state index contributed by atoms with van der Waals surface area (Å²) in [5, 5.41) is 12.7. The van der Waals surface area contributed by atoms with E-state index in [-0.39, 0.29) is 23.1 Å². The van der Waals surface area contributed by atoms with E-state index in [1.807, 2.05) is 0 Å². The summed E-state index contributed by atoms with van der Waals surface area (Å²) in [6, 6.07) is 6.27. The highest BCUT2D eigenvalue weighted by Crippen LogP contribution is 2.27. The van der Waals surface area contributed by atoms with Gasteiger partial charge >= 0.3 is 6.03 Å². The summed E-state index contributed by atoms with van der Waals surface area (Å²) in [4.78, 5) is 30.8. The zero-order valence-corrected chi connectivity index (χ0v) is 16.2. The quantitative estimate of drug-likeness (QED) is 0.714. The number of carbonyl (C=O) groups excluding carboxylic acids is 2. The van der Waals surface area contributed by atoms with Crippen LogP contribution in [0.2, 0.25) is 0 Å². The van der Waals surface area contributed by atoms with Crippen molar-refractivity contribution in [1.29, 1.82) is 0 Å². The van der Waals surface area contributed by atoms with Crippen molar-refractivity contribution < 1.29 is 14.7 Å². The Bertz CT molecular complexity index is 867. The average molecular weight is 418 g/mol. The number of amides is 2. The van der Waals surface area contributed by atoms with E-state index in [2.05, 4.69) is 40.1 Å². The Balaban J connectivity index is 1.87. The minimum absolute atomic E-state index is 0.0808.